The van der Waals surface area contributed by atoms with E-state index in [-0.39, 0.29) is 10.3 Å². The van der Waals surface area contributed by atoms with Gasteiger partial charge in [-0.2, -0.15) is 0 Å². The van der Waals surface area contributed by atoms with E-state index in [2.05, 4.69) is 17.0 Å². The van der Waals surface area contributed by atoms with E-state index < -0.39 is 15.8 Å². The normalized spacial score (nSPS) is 16.9. The van der Waals surface area contributed by atoms with Gasteiger partial charge >= 0.3 is 0 Å². The molecule has 4 nitrogen and oxygen atoms in total. The third-order valence-corrected chi connectivity index (χ3v) is 5.48. The number of halogens is 1. The lowest BCUT2D eigenvalue weighted by molar-refractivity contribution is 0.448. The first-order valence-corrected chi connectivity index (χ1v) is 8.83. The van der Waals surface area contributed by atoms with Crippen molar-refractivity contribution in [3.8, 4) is 0 Å². The molecular weight excluding hydrogens is 291 g/mol. The van der Waals surface area contributed by atoms with Crippen LogP contribution in [0.15, 0.2) is 23.1 Å². The van der Waals surface area contributed by atoms with Gasteiger partial charge in [-0.3, -0.25) is 0 Å². The fourth-order valence-corrected chi connectivity index (χ4v) is 3.84. The SMILES string of the molecule is CCCC1(CNS(=O)(=O)c2ccc(CNC)cc2F)CC1. The predicted octanol–water partition coefficient (Wildman–Crippen LogP) is 2.40. The van der Waals surface area contributed by atoms with Gasteiger partial charge in [-0.1, -0.05) is 19.4 Å². The smallest absolute Gasteiger partial charge is 0.243 e. The van der Waals surface area contributed by atoms with E-state index in [1.807, 2.05) is 0 Å². The largest absolute Gasteiger partial charge is 0.316 e. The van der Waals surface area contributed by atoms with Gasteiger partial charge in [0.1, 0.15) is 10.7 Å². The molecule has 0 bridgehead atoms. The molecule has 118 valence electrons. The highest BCUT2D eigenvalue weighted by Gasteiger charge is 2.42. The first-order chi connectivity index (χ1) is 9.92. The summed E-state index contributed by atoms with van der Waals surface area (Å²) in [5, 5.41) is 2.91. The van der Waals surface area contributed by atoms with E-state index in [1.54, 1.807) is 13.1 Å². The number of hydrogen-bond donors (Lipinski definition) is 2. The maximum absolute atomic E-state index is 14.0. The molecule has 0 saturated heterocycles. The highest BCUT2D eigenvalue weighted by Crippen LogP contribution is 2.49. The van der Waals surface area contributed by atoms with E-state index in [0.717, 1.165) is 31.2 Å². The van der Waals surface area contributed by atoms with Crippen LogP contribution >= 0.6 is 0 Å². The molecule has 6 heteroatoms. The number of benzene rings is 1. The van der Waals surface area contributed by atoms with Crippen molar-refractivity contribution in [2.75, 3.05) is 13.6 Å². The van der Waals surface area contributed by atoms with E-state index in [4.69, 9.17) is 0 Å². The van der Waals surface area contributed by atoms with Crippen LogP contribution in [0.5, 0.6) is 0 Å². The van der Waals surface area contributed by atoms with Crippen molar-refractivity contribution >= 4 is 10.0 Å². The molecule has 1 aliphatic rings. The van der Waals surface area contributed by atoms with Crippen molar-refractivity contribution in [1.82, 2.24) is 10.0 Å². The Kier molecular flexibility index (Phi) is 5.01. The maximum Gasteiger partial charge on any atom is 0.243 e. The zero-order chi connectivity index (χ0) is 15.5. The second-order valence-corrected chi connectivity index (χ2v) is 7.61. The van der Waals surface area contributed by atoms with Crippen molar-refractivity contribution in [2.45, 2.75) is 44.0 Å². The monoisotopic (exact) mass is 314 g/mol. The molecule has 21 heavy (non-hydrogen) atoms. The lowest BCUT2D eigenvalue weighted by atomic mass is 10.0. The summed E-state index contributed by atoms with van der Waals surface area (Å²) in [6.07, 6.45) is 4.15. The van der Waals surface area contributed by atoms with Crippen LogP contribution < -0.4 is 10.0 Å². The summed E-state index contributed by atoms with van der Waals surface area (Å²) in [4.78, 5) is -0.269. The first-order valence-electron chi connectivity index (χ1n) is 7.35. The minimum atomic E-state index is -3.78. The highest BCUT2D eigenvalue weighted by atomic mass is 32.2. The molecule has 2 N–H and O–H groups in total. The molecule has 1 fully saturated rings. The summed E-state index contributed by atoms with van der Waals surface area (Å²) in [7, 11) is -2.02. The van der Waals surface area contributed by atoms with Gasteiger partial charge in [0, 0.05) is 13.1 Å². The van der Waals surface area contributed by atoms with Crippen molar-refractivity contribution in [1.29, 1.82) is 0 Å². The molecule has 0 aromatic heterocycles. The Labute approximate surface area is 126 Å². The summed E-state index contributed by atoms with van der Waals surface area (Å²) < 4.78 is 41.0. The second-order valence-electron chi connectivity index (χ2n) is 5.87. The van der Waals surface area contributed by atoms with Gasteiger partial charge in [-0.15, -0.1) is 0 Å². The summed E-state index contributed by atoms with van der Waals surface area (Å²) in [6.45, 7) is 3.00. The molecule has 1 saturated carbocycles. The standard InChI is InChI=1S/C15H23FN2O2S/c1-3-6-15(7-8-15)11-18-21(19,20)14-5-4-12(10-17-2)9-13(14)16/h4-5,9,17-18H,3,6-8,10-11H2,1-2H3. The quantitative estimate of drug-likeness (QED) is 0.775. The van der Waals surface area contributed by atoms with Crippen LogP contribution in [-0.4, -0.2) is 22.0 Å². The molecule has 0 radical (unpaired) electrons. The van der Waals surface area contributed by atoms with Crippen LogP contribution in [0.25, 0.3) is 0 Å². The average Bonchev–Trinajstić information content (AvgIpc) is 3.18. The maximum atomic E-state index is 14.0. The van der Waals surface area contributed by atoms with Gasteiger partial charge in [-0.05, 0) is 49.4 Å². The van der Waals surface area contributed by atoms with Crippen LogP contribution in [0.4, 0.5) is 4.39 Å². The van der Waals surface area contributed by atoms with Crippen LogP contribution in [0.3, 0.4) is 0 Å². The Balaban J connectivity index is 2.09. The summed E-state index contributed by atoms with van der Waals surface area (Å²) >= 11 is 0. The zero-order valence-corrected chi connectivity index (χ0v) is 13.4. The number of nitrogens with one attached hydrogen (secondary N) is 2. The van der Waals surface area contributed by atoms with E-state index >= 15 is 0 Å². The van der Waals surface area contributed by atoms with Gasteiger partial charge in [0.25, 0.3) is 0 Å². The molecule has 0 unspecified atom stereocenters. The molecule has 1 aromatic rings. The van der Waals surface area contributed by atoms with Crippen LogP contribution in [0.1, 0.15) is 38.2 Å². The van der Waals surface area contributed by atoms with Crippen LogP contribution in [0.2, 0.25) is 0 Å². The van der Waals surface area contributed by atoms with E-state index in [1.165, 1.54) is 12.1 Å². The van der Waals surface area contributed by atoms with Gasteiger partial charge < -0.3 is 5.32 Å². The first kappa shape index (κ1) is 16.4. The van der Waals surface area contributed by atoms with E-state index in [9.17, 15) is 12.8 Å². The van der Waals surface area contributed by atoms with Crippen molar-refractivity contribution in [2.24, 2.45) is 5.41 Å². The minimum Gasteiger partial charge on any atom is -0.316 e. The van der Waals surface area contributed by atoms with Gasteiger partial charge in [-0.25, -0.2) is 17.5 Å². The average molecular weight is 314 g/mol. The number of sulfonamides is 1. The Morgan fingerprint density at radius 3 is 2.57 bits per heavy atom. The Hall–Kier alpha value is -0.980. The molecule has 0 heterocycles. The van der Waals surface area contributed by atoms with Crippen molar-refractivity contribution in [3.05, 3.63) is 29.6 Å². The molecule has 2 rings (SSSR count). The van der Waals surface area contributed by atoms with Gasteiger partial charge in [0.2, 0.25) is 10.0 Å². The Morgan fingerprint density at radius 2 is 2.05 bits per heavy atom. The summed E-state index contributed by atoms with van der Waals surface area (Å²) in [5.41, 5.74) is 0.822. The van der Waals surface area contributed by atoms with Gasteiger partial charge in [0.15, 0.2) is 0 Å². The predicted molar refractivity (Wildman–Crippen MR) is 80.9 cm³/mol. The van der Waals surface area contributed by atoms with Gasteiger partial charge in [0.05, 0.1) is 0 Å². The third kappa shape index (κ3) is 4.02. The molecular formula is C15H23FN2O2S. The lowest BCUT2D eigenvalue weighted by Crippen LogP contribution is -2.31. The number of rotatable bonds is 8. The summed E-state index contributed by atoms with van der Waals surface area (Å²) in [6, 6.07) is 4.24. The summed E-state index contributed by atoms with van der Waals surface area (Å²) in [5.74, 6) is -0.699. The van der Waals surface area contributed by atoms with Crippen molar-refractivity contribution < 1.29 is 12.8 Å². The zero-order valence-electron chi connectivity index (χ0n) is 12.6. The second kappa shape index (κ2) is 6.42. The topological polar surface area (TPSA) is 58.2 Å². The highest BCUT2D eigenvalue weighted by molar-refractivity contribution is 7.89. The number of hydrogen-bond acceptors (Lipinski definition) is 3. The van der Waals surface area contributed by atoms with Crippen molar-refractivity contribution in [3.63, 3.8) is 0 Å². The molecule has 1 aromatic carbocycles. The molecule has 0 atom stereocenters. The lowest BCUT2D eigenvalue weighted by Gasteiger charge is -2.15. The molecule has 0 spiro atoms. The minimum absolute atomic E-state index is 0.102. The molecule has 0 amide bonds. The Bertz CT molecular complexity index is 598. The Morgan fingerprint density at radius 1 is 1.33 bits per heavy atom. The third-order valence-electron chi connectivity index (χ3n) is 4.04. The fourth-order valence-electron chi connectivity index (χ4n) is 2.62. The van der Waals surface area contributed by atoms with Crippen LogP contribution in [0, 0.1) is 11.2 Å². The molecule has 1 aliphatic carbocycles. The van der Waals surface area contributed by atoms with Crippen LogP contribution in [-0.2, 0) is 16.6 Å². The van der Waals surface area contributed by atoms with E-state index in [0.29, 0.717) is 13.1 Å². The molecule has 0 aliphatic heterocycles. The fraction of sp³-hybridized carbons (Fsp3) is 0.600.